The van der Waals surface area contributed by atoms with Crippen LogP contribution >= 0.6 is 0 Å². The highest BCUT2D eigenvalue weighted by atomic mass is 16.7. The lowest BCUT2D eigenvalue weighted by Gasteiger charge is -2.22. The largest absolute Gasteiger partial charge is 0.497 e. The van der Waals surface area contributed by atoms with E-state index < -0.39 is 12.1 Å². The Morgan fingerprint density at radius 2 is 2.00 bits per heavy atom. The average molecular weight is 382 g/mol. The van der Waals surface area contributed by atoms with Gasteiger partial charge in [0.15, 0.2) is 6.10 Å². The summed E-state index contributed by atoms with van der Waals surface area (Å²) < 4.78 is 32.3. The van der Waals surface area contributed by atoms with E-state index in [0.29, 0.717) is 19.8 Å². The van der Waals surface area contributed by atoms with Crippen molar-refractivity contribution in [1.29, 1.82) is 0 Å². The highest BCUT2D eigenvalue weighted by molar-refractivity contribution is 5.75. The standard InChI is InChI=1S/C20H30O7/c1-4-25-20(21)19(26-14-22-2)18-10-9-17(27-18)11-12-24-13-15-5-7-16(23-3)8-6-15/h5-8,17-19H,4,9-14H2,1-3H3/t17-,18+,19-/m1/s1. The molecule has 7 nitrogen and oxygen atoms in total. The molecule has 1 saturated heterocycles. The van der Waals surface area contributed by atoms with E-state index in [1.54, 1.807) is 14.0 Å². The zero-order valence-electron chi connectivity index (χ0n) is 16.3. The molecule has 1 aliphatic rings. The lowest BCUT2D eigenvalue weighted by atomic mass is 10.1. The molecule has 2 rings (SSSR count). The SMILES string of the molecule is CCOC(=O)[C@H](OCOC)[C@@H]1CC[C@H](CCOCc2ccc(OC)cc2)O1. The third-order valence-electron chi connectivity index (χ3n) is 4.37. The van der Waals surface area contributed by atoms with E-state index in [2.05, 4.69) is 0 Å². The maximum atomic E-state index is 12.1. The molecular formula is C20H30O7. The number of hydrogen-bond acceptors (Lipinski definition) is 7. The summed E-state index contributed by atoms with van der Waals surface area (Å²) in [6.07, 6.45) is 1.36. The van der Waals surface area contributed by atoms with Crippen molar-refractivity contribution in [3.63, 3.8) is 0 Å². The summed E-state index contributed by atoms with van der Waals surface area (Å²) in [5.41, 5.74) is 1.09. The van der Waals surface area contributed by atoms with Gasteiger partial charge in [0, 0.05) is 13.7 Å². The molecule has 0 aromatic heterocycles. The zero-order valence-corrected chi connectivity index (χ0v) is 16.3. The van der Waals surface area contributed by atoms with Gasteiger partial charge in [-0.25, -0.2) is 4.79 Å². The summed E-state index contributed by atoms with van der Waals surface area (Å²) in [5.74, 6) is 0.423. The van der Waals surface area contributed by atoms with Crippen molar-refractivity contribution in [2.75, 3.05) is 34.2 Å². The highest BCUT2D eigenvalue weighted by Crippen LogP contribution is 2.26. The second-order valence-corrected chi connectivity index (χ2v) is 6.31. The quantitative estimate of drug-likeness (QED) is 0.313. The molecule has 0 saturated carbocycles. The Bertz CT molecular complexity index is 546. The normalized spacial score (nSPS) is 20.4. The number of carbonyl (C=O) groups excluding carboxylic acids is 1. The minimum Gasteiger partial charge on any atom is -0.497 e. The molecule has 7 heteroatoms. The van der Waals surface area contributed by atoms with Gasteiger partial charge in [-0.2, -0.15) is 0 Å². The van der Waals surface area contributed by atoms with E-state index in [1.807, 2.05) is 24.3 Å². The topological polar surface area (TPSA) is 72.5 Å². The first kappa shape index (κ1) is 21.6. The van der Waals surface area contributed by atoms with Gasteiger partial charge in [0.25, 0.3) is 0 Å². The van der Waals surface area contributed by atoms with Gasteiger partial charge in [0.1, 0.15) is 12.5 Å². The minimum atomic E-state index is -0.755. The van der Waals surface area contributed by atoms with Crippen molar-refractivity contribution < 1.29 is 33.2 Å². The lowest BCUT2D eigenvalue weighted by Crippen LogP contribution is -2.38. The summed E-state index contributed by atoms with van der Waals surface area (Å²) in [5, 5.41) is 0. The van der Waals surface area contributed by atoms with Crippen LogP contribution in [0.1, 0.15) is 31.7 Å². The van der Waals surface area contributed by atoms with Gasteiger partial charge in [0.2, 0.25) is 0 Å². The van der Waals surface area contributed by atoms with E-state index in [4.69, 9.17) is 28.4 Å². The van der Waals surface area contributed by atoms with E-state index in [-0.39, 0.29) is 19.0 Å². The van der Waals surface area contributed by atoms with Crippen LogP contribution in [0, 0.1) is 0 Å². The number of ether oxygens (including phenoxy) is 6. The van der Waals surface area contributed by atoms with Crippen LogP contribution in [0.15, 0.2) is 24.3 Å². The van der Waals surface area contributed by atoms with Crippen LogP contribution in [0.3, 0.4) is 0 Å². The Morgan fingerprint density at radius 1 is 1.22 bits per heavy atom. The molecule has 152 valence electrons. The van der Waals surface area contributed by atoms with Crippen molar-refractivity contribution in [2.24, 2.45) is 0 Å². The summed E-state index contributed by atoms with van der Waals surface area (Å²) in [6, 6.07) is 7.80. The van der Waals surface area contributed by atoms with Crippen LogP contribution < -0.4 is 4.74 Å². The maximum Gasteiger partial charge on any atom is 0.338 e. The first-order chi connectivity index (χ1) is 13.2. The van der Waals surface area contributed by atoms with Gasteiger partial charge in [0.05, 0.1) is 32.5 Å². The predicted octanol–water partition coefficient (Wildman–Crippen LogP) is 2.70. The molecule has 0 spiro atoms. The fourth-order valence-electron chi connectivity index (χ4n) is 2.99. The summed E-state index contributed by atoms with van der Waals surface area (Å²) >= 11 is 0. The van der Waals surface area contributed by atoms with Crippen molar-refractivity contribution in [3.05, 3.63) is 29.8 Å². The van der Waals surface area contributed by atoms with Crippen molar-refractivity contribution in [1.82, 2.24) is 0 Å². The van der Waals surface area contributed by atoms with Crippen LogP contribution in [-0.4, -0.2) is 58.5 Å². The van der Waals surface area contributed by atoms with Crippen LogP contribution in [0.5, 0.6) is 5.75 Å². The van der Waals surface area contributed by atoms with Crippen molar-refractivity contribution >= 4 is 5.97 Å². The summed E-state index contributed by atoms with van der Waals surface area (Å²) in [4.78, 5) is 12.1. The summed E-state index contributed by atoms with van der Waals surface area (Å²) in [6.45, 7) is 3.23. The fourth-order valence-corrected chi connectivity index (χ4v) is 2.99. The van der Waals surface area contributed by atoms with Crippen molar-refractivity contribution in [3.8, 4) is 5.75 Å². The number of hydrogen-bond donors (Lipinski definition) is 0. The smallest absolute Gasteiger partial charge is 0.338 e. The van der Waals surface area contributed by atoms with Gasteiger partial charge in [-0.1, -0.05) is 12.1 Å². The first-order valence-corrected chi connectivity index (χ1v) is 9.31. The molecule has 0 aliphatic carbocycles. The second-order valence-electron chi connectivity index (χ2n) is 6.31. The lowest BCUT2D eigenvalue weighted by molar-refractivity contribution is -0.179. The Kier molecular flexibility index (Phi) is 9.55. The molecule has 27 heavy (non-hydrogen) atoms. The molecule has 0 radical (unpaired) electrons. The monoisotopic (exact) mass is 382 g/mol. The van der Waals surface area contributed by atoms with Gasteiger partial charge < -0.3 is 28.4 Å². The second kappa shape index (κ2) is 11.9. The fraction of sp³-hybridized carbons (Fsp3) is 0.650. The average Bonchev–Trinajstić information content (AvgIpc) is 3.15. The molecule has 0 N–H and O–H groups in total. The molecule has 1 aliphatic heterocycles. The minimum absolute atomic E-state index is 0.0268. The number of carbonyl (C=O) groups is 1. The number of rotatable bonds is 12. The molecule has 0 bridgehead atoms. The molecule has 3 atom stereocenters. The Labute approximate surface area is 160 Å². The summed E-state index contributed by atoms with van der Waals surface area (Å²) in [7, 11) is 3.16. The van der Waals surface area contributed by atoms with Gasteiger partial charge in [-0.3, -0.25) is 0 Å². The van der Waals surface area contributed by atoms with Gasteiger partial charge in [-0.05, 0) is 43.9 Å². The van der Waals surface area contributed by atoms with E-state index in [0.717, 1.165) is 30.6 Å². The van der Waals surface area contributed by atoms with Crippen LogP contribution in [0.4, 0.5) is 0 Å². The van der Waals surface area contributed by atoms with Crippen LogP contribution in [0.25, 0.3) is 0 Å². The van der Waals surface area contributed by atoms with Gasteiger partial charge in [-0.15, -0.1) is 0 Å². The van der Waals surface area contributed by atoms with Gasteiger partial charge >= 0.3 is 5.97 Å². The van der Waals surface area contributed by atoms with Crippen LogP contribution in [0.2, 0.25) is 0 Å². The number of benzene rings is 1. The molecule has 0 unspecified atom stereocenters. The molecule has 0 amide bonds. The Hall–Kier alpha value is -1.67. The third kappa shape index (κ3) is 7.10. The van der Waals surface area contributed by atoms with E-state index in [1.165, 1.54) is 7.11 Å². The molecule has 1 fully saturated rings. The van der Waals surface area contributed by atoms with Crippen molar-refractivity contribution in [2.45, 2.75) is 51.1 Å². The number of methoxy groups -OCH3 is 2. The highest BCUT2D eigenvalue weighted by Gasteiger charge is 2.37. The Morgan fingerprint density at radius 3 is 2.67 bits per heavy atom. The molecule has 1 aromatic carbocycles. The van der Waals surface area contributed by atoms with E-state index in [9.17, 15) is 4.79 Å². The third-order valence-corrected chi connectivity index (χ3v) is 4.37. The predicted molar refractivity (Wildman–Crippen MR) is 98.5 cm³/mol. The molecule has 1 heterocycles. The Balaban J connectivity index is 1.71. The molecular weight excluding hydrogens is 352 g/mol. The molecule has 1 aromatic rings. The zero-order chi connectivity index (χ0) is 19.5. The maximum absolute atomic E-state index is 12.1. The number of esters is 1. The first-order valence-electron chi connectivity index (χ1n) is 9.31. The van der Waals surface area contributed by atoms with Crippen LogP contribution in [-0.2, 0) is 35.1 Å². The van der Waals surface area contributed by atoms with E-state index >= 15 is 0 Å².